The number of benzene rings is 1. The Balaban J connectivity index is 2.23. The van der Waals surface area contributed by atoms with Gasteiger partial charge in [-0.1, -0.05) is 86.4 Å². The van der Waals surface area contributed by atoms with E-state index in [1.165, 1.54) is 73.4 Å². The number of hydrogen-bond acceptors (Lipinski definition) is 1. The molecule has 0 saturated heterocycles. The van der Waals surface area contributed by atoms with Crippen LogP contribution in [0.15, 0.2) is 22.7 Å². The molecule has 1 N–H and O–H groups in total. The van der Waals surface area contributed by atoms with Gasteiger partial charge in [0.1, 0.15) is 0 Å². The summed E-state index contributed by atoms with van der Waals surface area (Å²) in [4.78, 5) is 0. The Morgan fingerprint density at radius 3 is 2.19 bits per heavy atom. The summed E-state index contributed by atoms with van der Waals surface area (Å²) in [7, 11) is 2.07. The molecule has 21 heavy (non-hydrogen) atoms. The Morgan fingerprint density at radius 2 is 1.62 bits per heavy atom. The fourth-order valence-electron chi connectivity index (χ4n) is 2.79. The van der Waals surface area contributed by atoms with Crippen LogP contribution in [-0.4, -0.2) is 7.05 Å². The average molecular weight is 354 g/mol. The quantitative estimate of drug-likeness (QED) is 0.444. The van der Waals surface area contributed by atoms with Gasteiger partial charge in [0, 0.05) is 10.5 Å². The van der Waals surface area contributed by atoms with Gasteiger partial charge in [0.2, 0.25) is 0 Å². The van der Waals surface area contributed by atoms with E-state index < -0.39 is 0 Å². The molecule has 0 fully saturated rings. The highest BCUT2D eigenvalue weighted by atomic mass is 79.9. The molecule has 0 bridgehead atoms. The molecule has 0 saturated carbocycles. The van der Waals surface area contributed by atoms with Crippen LogP contribution < -0.4 is 5.32 Å². The van der Waals surface area contributed by atoms with Gasteiger partial charge in [-0.25, -0.2) is 0 Å². The molecule has 1 aromatic carbocycles. The second-order valence-electron chi connectivity index (χ2n) is 6.11. The maximum atomic E-state index is 3.64. The summed E-state index contributed by atoms with van der Waals surface area (Å²) in [5.41, 5.74) is 2.71. The normalized spacial score (nSPS) is 12.6. The Labute approximate surface area is 140 Å². The van der Waals surface area contributed by atoms with E-state index in [0.29, 0.717) is 6.04 Å². The molecule has 0 aromatic heterocycles. The Hall–Kier alpha value is -0.340. The first-order valence-electron chi connectivity index (χ1n) is 8.62. The molecule has 0 radical (unpaired) electrons. The van der Waals surface area contributed by atoms with Gasteiger partial charge >= 0.3 is 0 Å². The van der Waals surface area contributed by atoms with Gasteiger partial charge in [-0.15, -0.1) is 0 Å². The van der Waals surface area contributed by atoms with Crippen LogP contribution in [0, 0.1) is 6.92 Å². The number of hydrogen-bond donors (Lipinski definition) is 1. The van der Waals surface area contributed by atoms with E-state index in [2.05, 4.69) is 60.3 Å². The lowest BCUT2D eigenvalue weighted by Crippen LogP contribution is -2.16. The topological polar surface area (TPSA) is 12.0 Å². The summed E-state index contributed by atoms with van der Waals surface area (Å²) >= 11 is 3.64. The number of nitrogens with one attached hydrogen (secondary N) is 1. The van der Waals surface area contributed by atoms with Crippen LogP contribution in [0.5, 0.6) is 0 Å². The Morgan fingerprint density at radius 1 is 1.00 bits per heavy atom. The van der Waals surface area contributed by atoms with Crippen molar-refractivity contribution in [2.75, 3.05) is 7.05 Å². The summed E-state index contributed by atoms with van der Waals surface area (Å²) in [6.07, 6.45) is 12.3. The molecule has 1 unspecified atom stereocenters. The zero-order valence-electron chi connectivity index (χ0n) is 14.1. The first kappa shape index (κ1) is 18.7. The third-order valence-electron chi connectivity index (χ3n) is 4.29. The number of rotatable bonds is 11. The van der Waals surface area contributed by atoms with Gasteiger partial charge < -0.3 is 5.32 Å². The molecule has 1 aromatic rings. The van der Waals surface area contributed by atoms with E-state index >= 15 is 0 Å². The molecule has 0 aliphatic carbocycles. The molecule has 120 valence electrons. The molecule has 0 heterocycles. The molecular weight excluding hydrogens is 322 g/mol. The number of halogens is 1. The zero-order valence-corrected chi connectivity index (χ0v) is 15.6. The van der Waals surface area contributed by atoms with Crippen molar-refractivity contribution in [2.24, 2.45) is 0 Å². The van der Waals surface area contributed by atoms with E-state index in [-0.39, 0.29) is 0 Å². The molecule has 0 aliphatic rings. The second kappa shape index (κ2) is 11.3. The summed E-state index contributed by atoms with van der Waals surface area (Å²) < 4.78 is 1.22. The van der Waals surface area contributed by atoms with Crippen LogP contribution in [-0.2, 0) is 0 Å². The van der Waals surface area contributed by atoms with Crippen molar-refractivity contribution < 1.29 is 0 Å². The van der Waals surface area contributed by atoms with E-state index in [0.717, 1.165) is 0 Å². The van der Waals surface area contributed by atoms with Crippen molar-refractivity contribution in [1.82, 2.24) is 5.32 Å². The minimum Gasteiger partial charge on any atom is -0.313 e. The SMILES string of the molecule is CCCCCCCCCCC(NC)c1ccc(C)c(Br)c1. The molecule has 0 spiro atoms. The van der Waals surface area contributed by atoms with Crippen LogP contribution in [0.4, 0.5) is 0 Å². The Kier molecular flexibility index (Phi) is 10.0. The van der Waals surface area contributed by atoms with E-state index in [9.17, 15) is 0 Å². The maximum absolute atomic E-state index is 3.64. The number of unbranched alkanes of at least 4 members (excludes halogenated alkanes) is 7. The highest BCUT2D eigenvalue weighted by Gasteiger charge is 2.09. The lowest BCUT2D eigenvalue weighted by Gasteiger charge is -2.17. The van der Waals surface area contributed by atoms with Gasteiger partial charge in [0.25, 0.3) is 0 Å². The van der Waals surface area contributed by atoms with E-state index in [1.807, 2.05) is 0 Å². The first-order chi connectivity index (χ1) is 10.2. The smallest absolute Gasteiger partial charge is 0.0317 e. The summed E-state index contributed by atoms with van der Waals surface area (Å²) in [5, 5.41) is 3.46. The van der Waals surface area contributed by atoms with Crippen molar-refractivity contribution >= 4 is 15.9 Å². The molecular formula is C19H32BrN. The first-order valence-corrected chi connectivity index (χ1v) is 9.41. The minimum atomic E-state index is 0.488. The number of aryl methyl sites for hydroxylation is 1. The van der Waals surface area contributed by atoms with Crippen LogP contribution in [0.1, 0.15) is 81.9 Å². The Bertz CT molecular complexity index is 389. The van der Waals surface area contributed by atoms with Crippen molar-refractivity contribution in [2.45, 2.75) is 77.7 Å². The maximum Gasteiger partial charge on any atom is 0.0317 e. The van der Waals surface area contributed by atoms with E-state index in [4.69, 9.17) is 0 Å². The van der Waals surface area contributed by atoms with E-state index in [1.54, 1.807) is 0 Å². The van der Waals surface area contributed by atoms with Crippen molar-refractivity contribution in [1.29, 1.82) is 0 Å². The lowest BCUT2D eigenvalue weighted by molar-refractivity contribution is 0.494. The minimum absolute atomic E-state index is 0.488. The third kappa shape index (κ3) is 7.46. The van der Waals surface area contributed by atoms with Gasteiger partial charge in [-0.3, -0.25) is 0 Å². The van der Waals surface area contributed by atoms with Crippen LogP contribution in [0.3, 0.4) is 0 Å². The second-order valence-corrected chi connectivity index (χ2v) is 6.97. The monoisotopic (exact) mass is 353 g/mol. The average Bonchev–Trinajstić information content (AvgIpc) is 2.49. The summed E-state index contributed by atoms with van der Waals surface area (Å²) in [5.74, 6) is 0. The fraction of sp³-hybridized carbons (Fsp3) is 0.684. The molecule has 2 heteroatoms. The van der Waals surface area contributed by atoms with Crippen molar-refractivity contribution in [3.05, 3.63) is 33.8 Å². The van der Waals surface area contributed by atoms with Crippen LogP contribution >= 0.6 is 15.9 Å². The molecule has 1 rings (SSSR count). The molecule has 0 amide bonds. The summed E-state index contributed by atoms with van der Waals surface area (Å²) in [6, 6.07) is 7.21. The van der Waals surface area contributed by atoms with Gasteiger partial charge in [0.05, 0.1) is 0 Å². The van der Waals surface area contributed by atoms with Gasteiger partial charge in [-0.05, 0) is 37.6 Å². The third-order valence-corrected chi connectivity index (χ3v) is 5.15. The molecule has 1 nitrogen and oxygen atoms in total. The molecule has 1 atom stereocenters. The van der Waals surface area contributed by atoms with Gasteiger partial charge in [-0.2, -0.15) is 0 Å². The zero-order chi connectivity index (χ0) is 15.5. The predicted octanol–water partition coefficient (Wildman–Crippen LogP) is 6.55. The fourth-order valence-corrected chi connectivity index (χ4v) is 3.18. The van der Waals surface area contributed by atoms with Crippen LogP contribution in [0.25, 0.3) is 0 Å². The van der Waals surface area contributed by atoms with Crippen LogP contribution in [0.2, 0.25) is 0 Å². The van der Waals surface area contributed by atoms with Gasteiger partial charge in [0.15, 0.2) is 0 Å². The van der Waals surface area contributed by atoms with Crippen molar-refractivity contribution in [3.8, 4) is 0 Å². The predicted molar refractivity (Wildman–Crippen MR) is 97.9 cm³/mol. The molecule has 0 aliphatic heterocycles. The standard InChI is InChI=1S/C19H32BrN/c1-4-5-6-7-8-9-10-11-12-19(21-3)17-14-13-16(2)18(20)15-17/h13-15,19,21H,4-12H2,1-3H3. The van der Waals surface area contributed by atoms with Crippen molar-refractivity contribution in [3.63, 3.8) is 0 Å². The highest BCUT2D eigenvalue weighted by Crippen LogP contribution is 2.25. The lowest BCUT2D eigenvalue weighted by atomic mass is 9.99. The highest BCUT2D eigenvalue weighted by molar-refractivity contribution is 9.10. The summed E-state index contributed by atoms with van der Waals surface area (Å²) in [6.45, 7) is 4.42. The largest absolute Gasteiger partial charge is 0.313 e.